The van der Waals surface area contributed by atoms with E-state index in [4.69, 9.17) is 10.5 Å². The van der Waals surface area contributed by atoms with Crippen LogP contribution in [0.1, 0.15) is 17.3 Å². The molecule has 1 amide bonds. The maximum Gasteiger partial charge on any atom is 0.338 e. The molecule has 0 aliphatic heterocycles. The van der Waals surface area contributed by atoms with Gasteiger partial charge in [-0.1, -0.05) is 0 Å². The zero-order valence-corrected chi connectivity index (χ0v) is 9.66. The number of benzene rings is 1. The first-order valence-corrected chi connectivity index (χ1v) is 5.29. The minimum Gasteiger partial charge on any atom is -0.449 e. The molecular weight excluding hydrogens is 234 g/mol. The van der Waals surface area contributed by atoms with Crippen LogP contribution in [0.2, 0.25) is 0 Å². The van der Waals surface area contributed by atoms with Gasteiger partial charge in [0, 0.05) is 12.4 Å². The smallest absolute Gasteiger partial charge is 0.338 e. The van der Waals surface area contributed by atoms with E-state index in [0.29, 0.717) is 16.6 Å². The Morgan fingerprint density at radius 1 is 1.22 bits per heavy atom. The molecule has 0 spiro atoms. The predicted octanol–water partition coefficient (Wildman–Crippen LogP) is 0.660. The number of aromatic nitrogens is 2. The maximum absolute atomic E-state index is 11.7. The summed E-state index contributed by atoms with van der Waals surface area (Å²) in [7, 11) is 0. The van der Waals surface area contributed by atoms with Crippen LogP contribution in [0, 0.1) is 0 Å². The van der Waals surface area contributed by atoms with Gasteiger partial charge in [0.05, 0.1) is 16.6 Å². The van der Waals surface area contributed by atoms with Crippen molar-refractivity contribution in [2.45, 2.75) is 13.0 Å². The molecule has 1 heterocycles. The van der Waals surface area contributed by atoms with Gasteiger partial charge < -0.3 is 10.5 Å². The highest BCUT2D eigenvalue weighted by atomic mass is 16.5. The normalized spacial score (nSPS) is 12.1. The number of nitrogens with two attached hydrogens (primary N) is 1. The van der Waals surface area contributed by atoms with Crippen molar-refractivity contribution >= 4 is 22.9 Å². The van der Waals surface area contributed by atoms with Crippen molar-refractivity contribution in [3.63, 3.8) is 0 Å². The molecule has 0 bridgehead atoms. The number of esters is 1. The third-order valence-electron chi connectivity index (χ3n) is 2.39. The number of amides is 1. The fourth-order valence-corrected chi connectivity index (χ4v) is 1.38. The Morgan fingerprint density at radius 2 is 1.89 bits per heavy atom. The molecular formula is C12H11N3O3. The summed E-state index contributed by atoms with van der Waals surface area (Å²) in [4.78, 5) is 30.7. The van der Waals surface area contributed by atoms with Crippen LogP contribution in [-0.4, -0.2) is 27.9 Å². The maximum atomic E-state index is 11.7. The first-order chi connectivity index (χ1) is 8.58. The monoisotopic (exact) mass is 245 g/mol. The third kappa shape index (κ3) is 2.42. The molecule has 0 fully saturated rings. The number of hydrogen-bond acceptors (Lipinski definition) is 5. The van der Waals surface area contributed by atoms with E-state index in [9.17, 15) is 9.59 Å². The zero-order chi connectivity index (χ0) is 13.1. The van der Waals surface area contributed by atoms with E-state index in [-0.39, 0.29) is 0 Å². The van der Waals surface area contributed by atoms with Crippen molar-refractivity contribution < 1.29 is 14.3 Å². The summed E-state index contributed by atoms with van der Waals surface area (Å²) in [6.45, 7) is 1.42. The van der Waals surface area contributed by atoms with E-state index in [0.717, 1.165) is 0 Å². The SMILES string of the molecule is C[C@H](OC(=O)c1ccc2nccnc2c1)C(N)=O. The summed E-state index contributed by atoms with van der Waals surface area (Å²) >= 11 is 0. The van der Waals surface area contributed by atoms with Gasteiger partial charge in [0.2, 0.25) is 0 Å². The average Bonchev–Trinajstić information content (AvgIpc) is 2.37. The molecule has 2 aromatic rings. The Kier molecular flexibility index (Phi) is 3.18. The number of hydrogen-bond donors (Lipinski definition) is 1. The van der Waals surface area contributed by atoms with Crippen LogP contribution in [0.4, 0.5) is 0 Å². The van der Waals surface area contributed by atoms with E-state index < -0.39 is 18.0 Å². The van der Waals surface area contributed by atoms with Crippen LogP contribution in [0.25, 0.3) is 11.0 Å². The molecule has 0 aliphatic rings. The molecule has 1 aromatic carbocycles. The summed E-state index contributed by atoms with van der Waals surface area (Å²) in [5, 5.41) is 0. The summed E-state index contributed by atoms with van der Waals surface area (Å²) in [5.41, 5.74) is 6.58. The van der Waals surface area contributed by atoms with E-state index in [1.807, 2.05) is 0 Å². The molecule has 1 atom stereocenters. The molecule has 1 aromatic heterocycles. The van der Waals surface area contributed by atoms with Crippen molar-refractivity contribution in [2.75, 3.05) is 0 Å². The van der Waals surface area contributed by atoms with E-state index in [1.165, 1.54) is 13.1 Å². The lowest BCUT2D eigenvalue weighted by atomic mass is 10.2. The lowest BCUT2D eigenvalue weighted by Crippen LogP contribution is -2.30. The lowest BCUT2D eigenvalue weighted by Gasteiger charge is -2.09. The minimum absolute atomic E-state index is 0.302. The summed E-state index contributed by atoms with van der Waals surface area (Å²) < 4.78 is 4.89. The molecule has 0 aliphatic carbocycles. The Morgan fingerprint density at radius 3 is 2.56 bits per heavy atom. The number of fused-ring (bicyclic) bond motifs is 1. The first-order valence-electron chi connectivity index (χ1n) is 5.29. The van der Waals surface area contributed by atoms with Crippen LogP contribution >= 0.6 is 0 Å². The molecule has 0 unspecified atom stereocenters. The average molecular weight is 245 g/mol. The minimum atomic E-state index is -0.963. The van der Waals surface area contributed by atoms with Crippen LogP contribution in [0.15, 0.2) is 30.6 Å². The van der Waals surface area contributed by atoms with Gasteiger partial charge in [-0.15, -0.1) is 0 Å². The van der Waals surface area contributed by atoms with Crippen LogP contribution in [-0.2, 0) is 9.53 Å². The van der Waals surface area contributed by atoms with Crippen molar-refractivity contribution in [3.8, 4) is 0 Å². The van der Waals surface area contributed by atoms with E-state index in [2.05, 4.69) is 9.97 Å². The molecule has 0 saturated heterocycles. The zero-order valence-electron chi connectivity index (χ0n) is 9.66. The highest BCUT2D eigenvalue weighted by Crippen LogP contribution is 2.12. The fraction of sp³-hybridized carbons (Fsp3) is 0.167. The molecule has 2 rings (SSSR count). The highest BCUT2D eigenvalue weighted by Gasteiger charge is 2.16. The van der Waals surface area contributed by atoms with Gasteiger partial charge in [0.15, 0.2) is 6.10 Å². The number of ether oxygens (including phenoxy) is 1. The Bertz CT molecular complexity index is 612. The first kappa shape index (κ1) is 12.0. The summed E-state index contributed by atoms with van der Waals surface area (Å²) in [6.07, 6.45) is 2.13. The van der Waals surface area contributed by atoms with Gasteiger partial charge in [-0.3, -0.25) is 14.8 Å². The molecule has 6 nitrogen and oxygen atoms in total. The fourth-order valence-electron chi connectivity index (χ4n) is 1.38. The van der Waals surface area contributed by atoms with Gasteiger partial charge >= 0.3 is 5.97 Å². The summed E-state index contributed by atoms with van der Waals surface area (Å²) in [6, 6.07) is 4.78. The molecule has 6 heteroatoms. The molecule has 18 heavy (non-hydrogen) atoms. The number of primary amides is 1. The largest absolute Gasteiger partial charge is 0.449 e. The summed E-state index contributed by atoms with van der Waals surface area (Å²) in [5.74, 6) is -1.31. The van der Waals surface area contributed by atoms with Gasteiger partial charge in [-0.2, -0.15) is 0 Å². The predicted molar refractivity (Wildman–Crippen MR) is 63.6 cm³/mol. The molecule has 0 saturated carbocycles. The van der Waals surface area contributed by atoms with Crippen molar-refractivity contribution in [3.05, 3.63) is 36.2 Å². The second-order valence-electron chi connectivity index (χ2n) is 3.71. The lowest BCUT2D eigenvalue weighted by molar-refractivity contribution is -0.125. The quantitative estimate of drug-likeness (QED) is 0.801. The van der Waals surface area contributed by atoms with Crippen LogP contribution in [0.5, 0.6) is 0 Å². The van der Waals surface area contributed by atoms with Crippen LogP contribution < -0.4 is 5.73 Å². The number of carbonyl (C=O) groups excluding carboxylic acids is 2. The van der Waals surface area contributed by atoms with E-state index >= 15 is 0 Å². The second-order valence-corrected chi connectivity index (χ2v) is 3.71. The number of carbonyl (C=O) groups is 2. The number of nitrogens with zero attached hydrogens (tertiary/aromatic N) is 2. The van der Waals surface area contributed by atoms with E-state index in [1.54, 1.807) is 24.4 Å². The number of rotatable bonds is 3. The Labute approximate surface area is 103 Å². The van der Waals surface area contributed by atoms with Crippen molar-refractivity contribution in [2.24, 2.45) is 5.73 Å². The third-order valence-corrected chi connectivity index (χ3v) is 2.39. The Balaban J connectivity index is 2.25. The van der Waals surface area contributed by atoms with Gasteiger partial charge in [-0.25, -0.2) is 4.79 Å². The van der Waals surface area contributed by atoms with Gasteiger partial charge in [0.25, 0.3) is 5.91 Å². The topological polar surface area (TPSA) is 95.2 Å². The van der Waals surface area contributed by atoms with Crippen LogP contribution in [0.3, 0.4) is 0 Å². The molecule has 92 valence electrons. The van der Waals surface area contributed by atoms with Gasteiger partial charge in [0.1, 0.15) is 0 Å². The Hall–Kier alpha value is -2.50. The van der Waals surface area contributed by atoms with Gasteiger partial charge in [-0.05, 0) is 25.1 Å². The standard InChI is InChI=1S/C12H11N3O3/c1-7(11(13)16)18-12(17)8-2-3-9-10(6-8)15-5-4-14-9/h2-7H,1H3,(H2,13,16)/t7-/m0/s1. The second kappa shape index (κ2) is 4.79. The van der Waals surface area contributed by atoms with Crippen molar-refractivity contribution in [1.82, 2.24) is 9.97 Å². The highest BCUT2D eigenvalue weighted by molar-refractivity contribution is 5.95. The molecule has 0 radical (unpaired) electrons. The van der Waals surface area contributed by atoms with Crippen molar-refractivity contribution in [1.29, 1.82) is 0 Å². The molecule has 2 N–H and O–H groups in total.